The number of amides is 1. The average Bonchev–Trinajstić information content (AvgIpc) is 2.61. The average molecular weight is 229 g/mol. The first-order valence-electron chi connectivity index (χ1n) is 5.87. The van der Waals surface area contributed by atoms with Crippen LogP contribution in [0.2, 0.25) is 0 Å². The molecule has 1 aliphatic rings. The topological polar surface area (TPSA) is 47.6 Å². The molecule has 1 saturated carbocycles. The van der Waals surface area contributed by atoms with Crippen molar-refractivity contribution < 1.29 is 14.3 Å². The van der Waals surface area contributed by atoms with Crippen molar-refractivity contribution in [2.75, 3.05) is 13.7 Å². The zero-order chi connectivity index (χ0) is 12.2. The van der Waals surface area contributed by atoms with Gasteiger partial charge >= 0.3 is 0 Å². The van der Waals surface area contributed by atoms with Crippen LogP contribution in [0.3, 0.4) is 0 Å². The summed E-state index contributed by atoms with van der Waals surface area (Å²) in [5.74, 6) is -0.0309. The summed E-state index contributed by atoms with van der Waals surface area (Å²) in [6, 6.07) is 0.251. The second-order valence-electron chi connectivity index (χ2n) is 5.34. The summed E-state index contributed by atoms with van der Waals surface area (Å²) < 4.78 is 10.7. The highest BCUT2D eigenvalue weighted by molar-refractivity contribution is 5.77. The first-order chi connectivity index (χ1) is 7.40. The predicted molar refractivity (Wildman–Crippen MR) is 62.3 cm³/mol. The van der Waals surface area contributed by atoms with E-state index in [-0.39, 0.29) is 24.2 Å². The summed E-state index contributed by atoms with van der Waals surface area (Å²) in [5.41, 5.74) is -0.262. The standard InChI is InChI=1S/C12H23NO3/c1-12(2,3)16-8-11(14)13-9-5-6-10(7-9)15-4/h9-10H,5-8H2,1-4H3,(H,13,14). The van der Waals surface area contributed by atoms with Gasteiger partial charge in [-0.3, -0.25) is 4.79 Å². The van der Waals surface area contributed by atoms with Gasteiger partial charge in [0.1, 0.15) is 6.61 Å². The molecule has 0 aromatic heterocycles. The molecule has 0 spiro atoms. The van der Waals surface area contributed by atoms with Gasteiger partial charge in [-0.2, -0.15) is 0 Å². The third kappa shape index (κ3) is 4.94. The van der Waals surface area contributed by atoms with Crippen LogP contribution in [-0.2, 0) is 14.3 Å². The van der Waals surface area contributed by atoms with Gasteiger partial charge in [0, 0.05) is 13.2 Å². The summed E-state index contributed by atoms with van der Waals surface area (Å²) in [4.78, 5) is 11.6. The fourth-order valence-corrected chi connectivity index (χ4v) is 1.84. The van der Waals surface area contributed by atoms with Gasteiger partial charge in [-0.15, -0.1) is 0 Å². The van der Waals surface area contributed by atoms with E-state index >= 15 is 0 Å². The Balaban J connectivity index is 2.20. The molecule has 16 heavy (non-hydrogen) atoms. The molecule has 1 N–H and O–H groups in total. The molecule has 2 unspecified atom stereocenters. The maximum absolute atomic E-state index is 11.6. The fraction of sp³-hybridized carbons (Fsp3) is 0.917. The Morgan fingerprint density at radius 2 is 2.06 bits per heavy atom. The number of nitrogens with one attached hydrogen (secondary N) is 1. The van der Waals surface area contributed by atoms with Crippen molar-refractivity contribution >= 4 is 5.91 Å². The number of carbonyl (C=O) groups excluding carboxylic acids is 1. The Kier molecular flexibility index (Phi) is 4.74. The summed E-state index contributed by atoms with van der Waals surface area (Å²) in [6.45, 7) is 5.96. The second kappa shape index (κ2) is 5.64. The Hall–Kier alpha value is -0.610. The first-order valence-corrected chi connectivity index (χ1v) is 5.87. The zero-order valence-electron chi connectivity index (χ0n) is 10.7. The largest absolute Gasteiger partial charge is 0.381 e. The van der Waals surface area contributed by atoms with E-state index in [0.717, 1.165) is 19.3 Å². The first kappa shape index (κ1) is 13.5. The third-order valence-electron chi connectivity index (χ3n) is 2.72. The van der Waals surface area contributed by atoms with Gasteiger partial charge in [0.05, 0.1) is 11.7 Å². The van der Waals surface area contributed by atoms with E-state index in [1.807, 2.05) is 20.8 Å². The SMILES string of the molecule is COC1CCC(NC(=O)COC(C)(C)C)C1. The normalized spacial score (nSPS) is 25.8. The molecular weight excluding hydrogens is 206 g/mol. The minimum atomic E-state index is -0.262. The second-order valence-corrected chi connectivity index (χ2v) is 5.34. The van der Waals surface area contributed by atoms with Crippen LogP contribution in [0.15, 0.2) is 0 Å². The molecule has 0 aromatic rings. The van der Waals surface area contributed by atoms with Crippen molar-refractivity contribution in [3.05, 3.63) is 0 Å². The van der Waals surface area contributed by atoms with Gasteiger partial charge < -0.3 is 14.8 Å². The van der Waals surface area contributed by atoms with Gasteiger partial charge in [0.25, 0.3) is 0 Å². The van der Waals surface area contributed by atoms with Crippen molar-refractivity contribution in [1.29, 1.82) is 0 Å². The van der Waals surface area contributed by atoms with E-state index in [2.05, 4.69) is 5.32 Å². The quantitative estimate of drug-likeness (QED) is 0.794. The summed E-state index contributed by atoms with van der Waals surface area (Å²) in [7, 11) is 1.72. The van der Waals surface area contributed by atoms with Crippen LogP contribution in [0, 0.1) is 0 Å². The number of methoxy groups -OCH3 is 1. The minimum absolute atomic E-state index is 0.0309. The fourth-order valence-electron chi connectivity index (χ4n) is 1.84. The predicted octanol–water partition coefficient (Wildman–Crippen LogP) is 1.49. The molecule has 1 amide bonds. The van der Waals surface area contributed by atoms with Gasteiger partial charge in [0.15, 0.2) is 0 Å². The van der Waals surface area contributed by atoms with Crippen LogP contribution in [0.25, 0.3) is 0 Å². The van der Waals surface area contributed by atoms with Crippen molar-refractivity contribution in [1.82, 2.24) is 5.32 Å². The van der Waals surface area contributed by atoms with Crippen LogP contribution in [0.5, 0.6) is 0 Å². The van der Waals surface area contributed by atoms with Crippen molar-refractivity contribution in [3.63, 3.8) is 0 Å². The lowest BCUT2D eigenvalue weighted by Crippen LogP contribution is -2.38. The number of hydrogen-bond acceptors (Lipinski definition) is 3. The molecule has 94 valence electrons. The molecule has 4 heteroatoms. The van der Waals surface area contributed by atoms with Crippen LogP contribution in [-0.4, -0.2) is 37.4 Å². The Morgan fingerprint density at radius 1 is 1.38 bits per heavy atom. The van der Waals surface area contributed by atoms with Crippen molar-refractivity contribution in [3.8, 4) is 0 Å². The summed E-state index contributed by atoms with van der Waals surface area (Å²) >= 11 is 0. The molecule has 0 radical (unpaired) electrons. The molecule has 0 heterocycles. The molecular formula is C12H23NO3. The number of carbonyl (C=O) groups is 1. The van der Waals surface area contributed by atoms with Crippen LogP contribution < -0.4 is 5.32 Å². The smallest absolute Gasteiger partial charge is 0.246 e. The van der Waals surface area contributed by atoms with Crippen LogP contribution in [0.1, 0.15) is 40.0 Å². The van der Waals surface area contributed by atoms with Crippen LogP contribution >= 0.6 is 0 Å². The lowest BCUT2D eigenvalue weighted by Gasteiger charge is -2.20. The highest BCUT2D eigenvalue weighted by Gasteiger charge is 2.25. The molecule has 0 saturated heterocycles. The molecule has 0 bridgehead atoms. The Morgan fingerprint density at radius 3 is 2.56 bits per heavy atom. The number of rotatable bonds is 4. The lowest BCUT2D eigenvalue weighted by atomic mass is 10.2. The van der Waals surface area contributed by atoms with E-state index in [4.69, 9.17) is 9.47 Å². The summed E-state index contributed by atoms with van der Waals surface area (Å²) in [6.07, 6.45) is 3.24. The van der Waals surface area contributed by atoms with E-state index in [9.17, 15) is 4.79 Å². The molecule has 1 rings (SSSR count). The highest BCUT2D eigenvalue weighted by atomic mass is 16.5. The molecule has 2 atom stereocenters. The van der Waals surface area contributed by atoms with Gasteiger partial charge in [-0.05, 0) is 40.0 Å². The van der Waals surface area contributed by atoms with E-state index in [1.54, 1.807) is 7.11 Å². The van der Waals surface area contributed by atoms with Gasteiger partial charge in [-0.25, -0.2) is 0 Å². The lowest BCUT2D eigenvalue weighted by molar-refractivity contribution is -0.131. The minimum Gasteiger partial charge on any atom is -0.381 e. The van der Waals surface area contributed by atoms with Crippen molar-refractivity contribution in [2.45, 2.75) is 57.8 Å². The molecule has 1 fully saturated rings. The zero-order valence-corrected chi connectivity index (χ0v) is 10.7. The highest BCUT2D eigenvalue weighted by Crippen LogP contribution is 2.21. The van der Waals surface area contributed by atoms with E-state index in [1.165, 1.54) is 0 Å². The maximum atomic E-state index is 11.6. The maximum Gasteiger partial charge on any atom is 0.246 e. The van der Waals surface area contributed by atoms with Crippen LogP contribution in [0.4, 0.5) is 0 Å². The van der Waals surface area contributed by atoms with E-state index < -0.39 is 0 Å². The Bertz CT molecular complexity index is 235. The molecule has 1 aliphatic carbocycles. The summed E-state index contributed by atoms with van der Waals surface area (Å²) in [5, 5.41) is 2.97. The van der Waals surface area contributed by atoms with E-state index in [0.29, 0.717) is 6.10 Å². The molecule has 0 aromatic carbocycles. The Labute approximate surface area is 97.7 Å². The number of ether oxygens (including phenoxy) is 2. The van der Waals surface area contributed by atoms with Gasteiger partial charge in [-0.1, -0.05) is 0 Å². The van der Waals surface area contributed by atoms with Gasteiger partial charge in [0.2, 0.25) is 5.91 Å². The molecule has 0 aliphatic heterocycles. The monoisotopic (exact) mass is 229 g/mol. The third-order valence-corrected chi connectivity index (χ3v) is 2.72. The molecule has 4 nitrogen and oxygen atoms in total. The number of hydrogen-bond donors (Lipinski definition) is 1. The van der Waals surface area contributed by atoms with Crippen molar-refractivity contribution in [2.24, 2.45) is 0 Å².